The van der Waals surface area contributed by atoms with Crippen molar-refractivity contribution >= 4 is 6.21 Å². The Bertz CT molecular complexity index is 170. The first-order chi connectivity index (χ1) is 5.24. The number of hydrogen-bond donors (Lipinski definition) is 0. The van der Waals surface area contributed by atoms with Crippen LogP contribution in [0.1, 0.15) is 33.1 Å². The van der Waals surface area contributed by atoms with Gasteiger partial charge in [0, 0.05) is 11.9 Å². The van der Waals surface area contributed by atoms with E-state index in [4.69, 9.17) is 0 Å². The summed E-state index contributed by atoms with van der Waals surface area (Å²) in [5, 5.41) is 0. The normalized spacial score (nSPS) is 29.3. The summed E-state index contributed by atoms with van der Waals surface area (Å²) in [7, 11) is 0. The molecule has 0 spiro atoms. The average molecular weight is 151 g/mol. The first-order valence-electron chi connectivity index (χ1n) is 4.46. The molecule has 1 rings (SSSR count). The van der Waals surface area contributed by atoms with E-state index in [9.17, 15) is 0 Å². The average Bonchev–Trinajstić information content (AvgIpc) is 2.63. The van der Waals surface area contributed by atoms with E-state index in [1.54, 1.807) is 0 Å². The molecule has 1 unspecified atom stereocenters. The predicted molar refractivity (Wildman–Crippen MR) is 49.8 cm³/mol. The second kappa shape index (κ2) is 3.70. The number of allylic oxidation sites excluding steroid dienone is 1. The van der Waals surface area contributed by atoms with Crippen LogP contribution in [0.5, 0.6) is 0 Å². The molecule has 1 aliphatic rings. The van der Waals surface area contributed by atoms with Crippen LogP contribution >= 0.6 is 0 Å². The Balaban J connectivity index is 2.18. The van der Waals surface area contributed by atoms with Gasteiger partial charge in [0.2, 0.25) is 0 Å². The smallest absolute Gasteiger partial charge is 0.0328 e. The first-order valence-corrected chi connectivity index (χ1v) is 4.46. The van der Waals surface area contributed by atoms with Gasteiger partial charge in [-0.15, -0.1) is 0 Å². The highest BCUT2D eigenvalue weighted by Gasteiger charge is 2.30. The van der Waals surface area contributed by atoms with Gasteiger partial charge in [0.15, 0.2) is 0 Å². The van der Waals surface area contributed by atoms with Gasteiger partial charge in [-0.05, 0) is 24.7 Å². The summed E-state index contributed by atoms with van der Waals surface area (Å²) in [5.41, 5.74) is 1.03. The molecule has 0 aromatic heterocycles. The Morgan fingerprint density at radius 1 is 1.73 bits per heavy atom. The maximum absolute atomic E-state index is 4.31. The predicted octanol–water partition coefficient (Wildman–Crippen LogP) is 3.03. The zero-order chi connectivity index (χ0) is 8.27. The first kappa shape index (κ1) is 8.51. The fourth-order valence-electron chi connectivity index (χ4n) is 1.11. The molecule has 0 N–H and O–H groups in total. The third kappa shape index (κ3) is 2.87. The summed E-state index contributed by atoms with van der Waals surface area (Å²) < 4.78 is 0. The van der Waals surface area contributed by atoms with Gasteiger partial charge in [0.1, 0.15) is 0 Å². The molecule has 1 aliphatic carbocycles. The Kier molecular flexibility index (Phi) is 2.86. The third-order valence-electron chi connectivity index (χ3n) is 2.16. The standard InChI is InChI=1S/C10H17N/c1-4-5-9(3)11-7-10-6-8(10)2/h7-8,10H,3-6H2,1-2H3/t8?,10-/m1/s1. The number of hydrogen-bond acceptors (Lipinski definition) is 1. The fourth-order valence-corrected chi connectivity index (χ4v) is 1.11. The molecule has 0 amide bonds. The van der Waals surface area contributed by atoms with Crippen molar-refractivity contribution in [2.24, 2.45) is 16.8 Å². The van der Waals surface area contributed by atoms with Crippen LogP contribution in [-0.4, -0.2) is 6.21 Å². The van der Waals surface area contributed by atoms with Gasteiger partial charge in [-0.2, -0.15) is 0 Å². The molecule has 62 valence electrons. The number of nitrogens with zero attached hydrogens (tertiary/aromatic N) is 1. The SMILES string of the molecule is C=C(CCC)N=C[C@H]1CC1C. The van der Waals surface area contributed by atoms with E-state index in [0.29, 0.717) is 0 Å². The molecule has 0 radical (unpaired) electrons. The molecular formula is C10H17N. The summed E-state index contributed by atoms with van der Waals surface area (Å²) in [6.07, 6.45) is 5.58. The lowest BCUT2D eigenvalue weighted by Crippen LogP contribution is -1.81. The van der Waals surface area contributed by atoms with Gasteiger partial charge in [-0.25, -0.2) is 0 Å². The second-order valence-electron chi connectivity index (χ2n) is 3.47. The van der Waals surface area contributed by atoms with Crippen LogP contribution in [0.3, 0.4) is 0 Å². The van der Waals surface area contributed by atoms with Crippen molar-refractivity contribution in [3.05, 3.63) is 12.3 Å². The maximum atomic E-state index is 4.31. The van der Waals surface area contributed by atoms with E-state index in [2.05, 4.69) is 31.6 Å². The molecule has 0 aromatic rings. The van der Waals surface area contributed by atoms with Crippen molar-refractivity contribution in [3.63, 3.8) is 0 Å². The van der Waals surface area contributed by atoms with E-state index in [1.165, 1.54) is 6.42 Å². The molecule has 1 fully saturated rings. The zero-order valence-electron chi connectivity index (χ0n) is 7.51. The summed E-state index contributed by atoms with van der Waals surface area (Å²) >= 11 is 0. The van der Waals surface area contributed by atoms with Crippen LogP contribution in [0.4, 0.5) is 0 Å². The van der Waals surface area contributed by atoms with Gasteiger partial charge in [-0.1, -0.05) is 26.8 Å². The lowest BCUT2D eigenvalue weighted by molar-refractivity contribution is 0.890. The fraction of sp³-hybridized carbons (Fsp3) is 0.700. The number of rotatable bonds is 4. The molecule has 2 atom stereocenters. The van der Waals surface area contributed by atoms with E-state index in [-0.39, 0.29) is 0 Å². The Hall–Kier alpha value is -0.590. The lowest BCUT2D eigenvalue weighted by Gasteiger charge is -1.93. The van der Waals surface area contributed by atoms with Gasteiger partial charge >= 0.3 is 0 Å². The van der Waals surface area contributed by atoms with Crippen molar-refractivity contribution < 1.29 is 0 Å². The highest BCUT2D eigenvalue weighted by Crippen LogP contribution is 2.35. The highest BCUT2D eigenvalue weighted by atomic mass is 14.7. The molecule has 11 heavy (non-hydrogen) atoms. The van der Waals surface area contributed by atoms with Crippen LogP contribution < -0.4 is 0 Å². The molecular weight excluding hydrogens is 134 g/mol. The molecule has 1 nitrogen and oxygen atoms in total. The molecule has 0 aliphatic heterocycles. The topological polar surface area (TPSA) is 12.4 Å². The summed E-state index contributed by atoms with van der Waals surface area (Å²) in [4.78, 5) is 4.31. The zero-order valence-corrected chi connectivity index (χ0v) is 7.51. The molecule has 0 heterocycles. The van der Waals surface area contributed by atoms with E-state index in [1.807, 2.05) is 0 Å². The van der Waals surface area contributed by atoms with E-state index in [0.717, 1.165) is 30.4 Å². The second-order valence-corrected chi connectivity index (χ2v) is 3.47. The third-order valence-corrected chi connectivity index (χ3v) is 2.16. The highest BCUT2D eigenvalue weighted by molar-refractivity contribution is 5.65. The van der Waals surface area contributed by atoms with Gasteiger partial charge in [0.25, 0.3) is 0 Å². The van der Waals surface area contributed by atoms with Crippen LogP contribution in [0.15, 0.2) is 17.3 Å². The Labute approximate surface area is 69.2 Å². The van der Waals surface area contributed by atoms with Gasteiger partial charge in [-0.3, -0.25) is 4.99 Å². The summed E-state index contributed by atoms with van der Waals surface area (Å²) in [6.45, 7) is 8.29. The van der Waals surface area contributed by atoms with Crippen molar-refractivity contribution in [1.29, 1.82) is 0 Å². The molecule has 0 saturated heterocycles. The minimum Gasteiger partial charge on any atom is -0.266 e. The van der Waals surface area contributed by atoms with Crippen LogP contribution in [0.2, 0.25) is 0 Å². The van der Waals surface area contributed by atoms with Crippen LogP contribution in [0.25, 0.3) is 0 Å². The van der Waals surface area contributed by atoms with Crippen molar-refractivity contribution in [3.8, 4) is 0 Å². The molecule has 1 heteroatoms. The molecule has 1 saturated carbocycles. The largest absolute Gasteiger partial charge is 0.266 e. The monoisotopic (exact) mass is 151 g/mol. The summed E-state index contributed by atoms with van der Waals surface area (Å²) in [6, 6.07) is 0. The van der Waals surface area contributed by atoms with E-state index >= 15 is 0 Å². The van der Waals surface area contributed by atoms with Crippen molar-refractivity contribution in [1.82, 2.24) is 0 Å². The quantitative estimate of drug-likeness (QED) is 0.548. The van der Waals surface area contributed by atoms with Crippen LogP contribution in [-0.2, 0) is 0 Å². The Morgan fingerprint density at radius 3 is 2.82 bits per heavy atom. The maximum Gasteiger partial charge on any atom is 0.0328 e. The minimum absolute atomic E-state index is 0.753. The lowest BCUT2D eigenvalue weighted by atomic mass is 10.3. The minimum atomic E-state index is 0.753. The number of aliphatic imine (C=N–C) groups is 1. The Morgan fingerprint density at radius 2 is 2.36 bits per heavy atom. The molecule has 0 bridgehead atoms. The molecule has 0 aromatic carbocycles. The van der Waals surface area contributed by atoms with Gasteiger partial charge in [0.05, 0.1) is 0 Å². The van der Waals surface area contributed by atoms with Crippen molar-refractivity contribution in [2.45, 2.75) is 33.1 Å². The van der Waals surface area contributed by atoms with Gasteiger partial charge < -0.3 is 0 Å². The van der Waals surface area contributed by atoms with Crippen LogP contribution in [0, 0.1) is 11.8 Å². The summed E-state index contributed by atoms with van der Waals surface area (Å²) in [5.74, 6) is 1.62. The van der Waals surface area contributed by atoms with Crippen molar-refractivity contribution in [2.75, 3.05) is 0 Å². The van der Waals surface area contributed by atoms with E-state index < -0.39 is 0 Å².